The molecule has 0 spiro atoms. The van der Waals surface area contributed by atoms with Crippen molar-refractivity contribution in [2.45, 2.75) is 33.5 Å². The fourth-order valence-electron chi connectivity index (χ4n) is 3.18. The maximum Gasteiger partial charge on any atom is 0.0535 e. The molecular formula is C19H29N5. The normalized spacial score (nSPS) is 16.6. The molecule has 0 aliphatic carbocycles. The van der Waals surface area contributed by atoms with Gasteiger partial charge in [-0.05, 0) is 24.6 Å². The van der Waals surface area contributed by atoms with Crippen molar-refractivity contribution in [2.75, 3.05) is 32.7 Å². The molecule has 0 saturated carbocycles. The largest absolute Gasteiger partial charge is 0.308 e. The van der Waals surface area contributed by atoms with Crippen molar-refractivity contribution in [1.82, 2.24) is 25.3 Å². The van der Waals surface area contributed by atoms with E-state index in [1.807, 2.05) is 6.20 Å². The van der Waals surface area contributed by atoms with Crippen molar-refractivity contribution in [3.63, 3.8) is 0 Å². The fourth-order valence-corrected chi connectivity index (χ4v) is 3.18. The summed E-state index contributed by atoms with van der Waals surface area (Å²) in [6, 6.07) is 9.03. The van der Waals surface area contributed by atoms with E-state index in [0.717, 1.165) is 25.3 Å². The zero-order valence-electron chi connectivity index (χ0n) is 14.9. The van der Waals surface area contributed by atoms with Crippen LogP contribution in [0.3, 0.4) is 0 Å². The van der Waals surface area contributed by atoms with E-state index in [4.69, 9.17) is 0 Å². The van der Waals surface area contributed by atoms with Crippen LogP contribution in [-0.2, 0) is 19.6 Å². The molecule has 2 N–H and O–H groups in total. The summed E-state index contributed by atoms with van der Waals surface area (Å²) in [6.45, 7) is 13.1. The lowest BCUT2D eigenvalue weighted by Gasteiger charge is -2.34. The van der Waals surface area contributed by atoms with Gasteiger partial charge in [0.15, 0.2) is 0 Å². The standard InChI is InChI=1S/C19H29N5/c1-3-23-8-10-24(11-9-23)15-18-6-4-17(5-7-18)12-20-13-19-14-21-22-16(19)2/h4-7,14,20H,3,8-13,15H2,1-2H3,(H,21,22). The monoisotopic (exact) mass is 327 g/mol. The van der Waals surface area contributed by atoms with Crippen LogP contribution in [0.2, 0.25) is 0 Å². The van der Waals surface area contributed by atoms with Gasteiger partial charge in [-0.15, -0.1) is 0 Å². The third-order valence-electron chi connectivity index (χ3n) is 4.92. The number of aryl methyl sites for hydroxylation is 1. The van der Waals surface area contributed by atoms with Gasteiger partial charge >= 0.3 is 0 Å². The molecule has 1 aromatic heterocycles. The molecule has 3 rings (SSSR count). The number of nitrogens with one attached hydrogen (secondary N) is 2. The third kappa shape index (κ3) is 4.66. The molecule has 1 aliphatic heterocycles. The molecule has 1 saturated heterocycles. The highest BCUT2D eigenvalue weighted by Crippen LogP contribution is 2.10. The number of piperazine rings is 1. The molecular weight excluding hydrogens is 298 g/mol. The Morgan fingerprint density at radius 3 is 2.29 bits per heavy atom. The van der Waals surface area contributed by atoms with E-state index in [9.17, 15) is 0 Å². The first kappa shape index (κ1) is 17.1. The van der Waals surface area contributed by atoms with Gasteiger partial charge in [-0.25, -0.2) is 0 Å². The second kappa shape index (κ2) is 8.42. The van der Waals surface area contributed by atoms with E-state index in [2.05, 4.69) is 63.4 Å². The minimum absolute atomic E-state index is 0.853. The van der Waals surface area contributed by atoms with Crippen LogP contribution in [0.15, 0.2) is 30.5 Å². The van der Waals surface area contributed by atoms with Gasteiger partial charge in [-0.1, -0.05) is 31.2 Å². The molecule has 0 radical (unpaired) electrons. The number of hydrogen-bond donors (Lipinski definition) is 2. The van der Waals surface area contributed by atoms with E-state index in [0.29, 0.717) is 0 Å². The maximum absolute atomic E-state index is 4.05. The molecule has 0 bridgehead atoms. The molecule has 130 valence electrons. The quantitative estimate of drug-likeness (QED) is 0.818. The van der Waals surface area contributed by atoms with Crippen molar-refractivity contribution >= 4 is 0 Å². The smallest absolute Gasteiger partial charge is 0.0535 e. The van der Waals surface area contributed by atoms with Crippen molar-refractivity contribution in [1.29, 1.82) is 0 Å². The number of hydrogen-bond acceptors (Lipinski definition) is 4. The molecule has 0 unspecified atom stereocenters. The van der Waals surface area contributed by atoms with Crippen LogP contribution >= 0.6 is 0 Å². The lowest BCUT2D eigenvalue weighted by molar-refractivity contribution is 0.132. The topological polar surface area (TPSA) is 47.2 Å². The van der Waals surface area contributed by atoms with E-state index in [-0.39, 0.29) is 0 Å². The minimum Gasteiger partial charge on any atom is -0.308 e. The minimum atomic E-state index is 0.853. The van der Waals surface area contributed by atoms with Gasteiger partial charge in [0.25, 0.3) is 0 Å². The summed E-state index contributed by atoms with van der Waals surface area (Å²) in [4.78, 5) is 5.08. The second-order valence-electron chi connectivity index (χ2n) is 6.65. The number of aromatic nitrogens is 2. The van der Waals surface area contributed by atoms with E-state index >= 15 is 0 Å². The van der Waals surface area contributed by atoms with E-state index in [1.165, 1.54) is 49.4 Å². The summed E-state index contributed by atoms with van der Waals surface area (Å²) in [5.74, 6) is 0. The maximum atomic E-state index is 4.05. The molecule has 5 nitrogen and oxygen atoms in total. The van der Waals surface area contributed by atoms with Gasteiger partial charge in [0.1, 0.15) is 0 Å². The predicted molar refractivity (Wildman–Crippen MR) is 97.7 cm³/mol. The van der Waals surface area contributed by atoms with Crippen molar-refractivity contribution in [3.8, 4) is 0 Å². The number of likely N-dealkylation sites (N-methyl/N-ethyl adjacent to an activating group) is 1. The fraction of sp³-hybridized carbons (Fsp3) is 0.526. The van der Waals surface area contributed by atoms with Crippen LogP contribution in [0.4, 0.5) is 0 Å². The number of aromatic amines is 1. The van der Waals surface area contributed by atoms with Crippen LogP contribution < -0.4 is 5.32 Å². The average molecular weight is 327 g/mol. The zero-order valence-corrected chi connectivity index (χ0v) is 14.9. The molecule has 1 fully saturated rings. The SMILES string of the molecule is CCN1CCN(Cc2ccc(CNCc3cn[nH]c3C)cc2)CC1. The summed E-state index contributed by atoms with van der Waals surface area (Å²) in [7, 11) is 0. The summed E-state index contributed by atoms with van der Waals surface area (Å²) in [5.41, 5.74) is 5.11. The van der Waals surface area contributed by atoms with Gasteiger partial charge in [-0.3, -0.25) is 10.00 Å². The van der Waals surface area contributed by atoms with Crippen molar-refractivity contribution < 1.29 is 0 Å². The molecule has 2 heterocycles. The summed E-state index contributed by atoms with van der Waals surface area (Å²) in [5, 5.41) is 10.5. The Bertz CT molecular complexity index is 611. The Kier molecular flexibility index (Phi) is 6.01. The molecule has 0 amide bonds. The van der Waals surface area contributed by atoms with Crippen LogP contribution in [0.1, 0.15) is 29.3 Å². The Morgan fingerprint density at radius 2 is 1.67 bits per heavy atom. The number of nitrogens with zero attached hydrogens (tertiary/aromatic N) is 3. The highest BCUT2D eigenvalue weighted by Gasteiger charge is 2.15. The van der Waals surface area contributed by atoms with Gasteiger partial charge in [0.05, 0.1) is 6.20 Å². The van der Waals surface area contributed by atoms with Crippen LogP contribution in [0.25, 0.3) is 0 Å². The highest BCUT2D eigenvalue weighted by molar-refractivity contribution is 5.23. The van der Waals surface area contributed by atoms with Crippen LogP contribution in [0, 0.1) is 6.92 Å². The number of rotatable bonds is 7. The van der Waals surface area contributed by atoms with Crippen molar-refractivity contribution in [3.05, 3.63) is 52.8 Å². The lowest BCUT2D eigenvalue weighted by Crippen LogP contribution is -2.45. The van der Waals surface area contributed by atoms with Gasteiger partial charge in [-0.2, -0.15) is 5.10 Å². The van der Waals surface area contributed by atoms with E-state index < -0.39 is 0 Å². The first-order valence-electron chi connectivity index (χ1n) is 8.96. The van der Waals surface area contributed by atoms with Gasteiger partial charge < -0.3 is 10.2 Å². The number of benzene rings is 1. The van der Waals surface area contributed by atoms with E-state index in [1.54, 1.807) is 0 Å². The molecule has 0 atom stereocenters. The summed E-state index contributed by atoms with van der Waals surface area (Å²) < 4.78 is 0. The van der Waals surface area contributed by atoms with Gasteiger partial charge in [0.2, 0.25) is 0 Å². The molecule has 2 aromatic rings. The number of H-pyrrole nitrogens is 1. The zero-order chi connectivity index (χ0) is 16.8. The lowest BCUT2D eigenvalue weighted by atomic mass is 10.1. The van der Waals surface area contributed by atoms with Gasteiger partial charge in [0, 0.05) is 57.1 Å². The molecule has 1 aromatic carbocycles. The molecule has 24 heavy (non-hydrogen) atoms. The van der Waals surface area contributed by atoms with Crippen LogP contribution in [-0.4, -0.2) is 52.7 Å². The molecule has 5 heteroatoms. The summed E-state index contributed by atoms with van der Waals surface area (Å²) in [6.07, 6.45) is 1.89. The first-order valence-corrected chi connectivity index (χ1v) is 8.96. The third-order valence-corrected chi connectivity index (χ3v) is 4.92. The average Bonchev–Trinajstić information content (AvgIpc) is 3.02. The summed E-state index contributed by atoms with van der Waals surface area (Å²) >= 11 is 0. The van der Waals surface area contributed by atoms with Crippen LogP contribution in [0.5, 0.6) is 0 Å². The first-order chi connectivity index (χ1) is 11.7. The predicted octanol–water partition coefficient (Wildman–Crippen LogP) is 2.15. The Morgan fingerprint density at radius 1 is 1.00 bits per heavy atom. The Hall–Kier alpha value is -1.69. The molecule has 1 aliphatic rings. The second-order valence-corrected chi connectivity index (χ2v) is 6.65. The Balaban J connectivity index is 1.43. The Labute approximate surface area is 145 Å². The van der Waals surface area contributed by atoms with Crippen molar-refractivity contribution in [2.24, 2.45) is 0 Å². The highest BCUT2D eigenvalue weighted by atomic mass is 15.3.